The molecule has 2 heterocycles. The number of aromatic nitrogens is 5. The number of nitrogens with one attached hydrogen (secondary N) is 3. The fraction of sp³-hybridized carbons (Fsp3) is 0.208. The van der Waals surface area contributed by atoms with Gasteiger partial charge < -0.3 is 15.0 Å². The molecule has 0 unspecified atom stereocenters. The van der Waals surface area contributed by atoms with E-state index in [2.05, 4.69) is 30.9 Å². The van der Waals surface area contributed by atoms with Crippen molar-refractivity contribution in [3.63, 3.8) is 0 Å². The topological polar surface area (TPSA) is 126 Å². The molecule has 2 aromatic carbocycles. The van der Waals surface area contributed by atoms with Crippen molar-refractivity contribution in [3.05, 3.63) is 76.3 Å². The molecule has 2 aromatic heterocycles. The van der Waals surface area contributed by atoms with Gasteiger partial charge in [0.15, 0.2) is 0 Å². The molecule has 0 spiro atoms. The first-order chi connectivity index (χ1) is 17.2. The molecular formula is C24H21F3N6O3. The van der Waals surface area contributed by atoms with Crippen LogP contribution in [0.1, 0.15) is 29.0 Å². The van der Waals surface area contributed by atoms with Crippen LogP contribution in [0.5, 0.6) is 5.75 Å². The smallest absolute Gasteiger partial charge is 0.389 e. The number of benzene rings is 2. The lowest BCUT2D eigenvalue weighted by Gasteiger charge is -2.13. The van der Waals surface area contributed by atoms with Crippen LogP contribution in [0.3, 0.4) is 0 Å². The minimum atomic E-state index is -4.22. The number of tetrazole rings is 1. The number of hydrogen-bond acceptors (Lipinski definition) is 6. The number of carbonyl (C=O) groups is 1. The van der Waals surface area contributed by atoms with Gasteiger partial charge in [-0.2, -0.15) is 18.4 Å². The van der Waals surface area contributed by atoms with Crippen LogP contribution in [0, 0.1) is 6.92 Å². The summed E-state index contributed by atoms with van der Waals surface area (Å²) in [6.45, 7) is 1.86. The third-order valence-corrected chi connectivity index (χ3v) is 5.22. The minimum Gasteiger partial charge on any atom is -0.494 e. The maximum absolute atomic E-state index is 13.1. The van der Waals surface area contributed by atoms with Crippen LogP contribution >= 0.6 is 0 Å². The first kappa shape index (κ1) is 24.6. The number of carbonyl (C=O) groups excluding carboxylic acids is 1. The highest BCUT2D eigenvalue weighted by atomic mass is 19.4. The van der Waals surface area contributed by atoms with Crippen LogP contribution in [0.4, 0.5) is 18.9 Å². The Morgan fingerprint density at radius 3 is 2.39 bits per heavy atom. The van der Waals surface area contributed by atoms with Crippen molar-refractivity contribution in [2.75, 3.05) is 11.9 Å². The molecule has 0 aliphatic carbocycles. The molecule has 36 heavy (non-hydrogen) atoms. The normalized spacial score (nSPS) is 11.3. The maximum atomic E-state index is 13.1. The SMILES string of the molecule is Cc1ccc(-c2cc(-c3ccc(OCCCC(F)(F)F)cc3)[nH]c(=O)c2NC(=O)c2nn[nH]n2)cc1. The molecule has 0 radical (unpaired) electrons. The molecule has 0 saturated carbocycles. The van der Waals surface area contributed by atoms with Crippen molar-refractivity contribution in [2.24, 2.45) is 0 Å². The Hall–Kier alpha value is -4.48. The highest BCUT2D eigenvalue weighted by molar-refractivity contribution is 6.03. The summed E-state index contributed by atoms with van der Waals surface area (Å²) in [4.78, 5) is 28.3. The van der Waals surface area contributed by atoms with E-state index >= 15 is 0 Å². The molecule has 0 aliphatic heterocycles. The predicted octanol–water partition coefficient (Wildman–Crippen LogP) is 4.50. The summed E-state index contributed by atoms with van der Waals surface area (Å²) in [5.41, 5.74) is 2.76. The monoisotopic (exact) mass is 498 g/mol. The van der Waals surface area contributed by atoms with Crippen molar-refractivity contribution in [1.29, 1.82) is 0 Å². The number of H-pyrrole nitrogens is 2. The van der Waals surface area contributed by atoms with E-state index in [4.69, 9.17) is 4.74 Å². The lowest BCUT2D eigenvalue weighted by molar-refractivity contribution is -0.136. The summed E-state index contributed by atoms with van der Waals surface area (Å²) in [6.07, 6.45) is -5.27. The van der Waals surface area contributed by atoms with Gasteiger partial charge in [-0.1, -0.05) is 29.8 Å². The summed E-state index contributed by atoms with van der Waals surface area (Å²) in [5, 5.41) is 15.3. The molecule has 1 amide bonds. The molecule has 186 valence electrons. The Balaban J connectivity index is 1.61. The second-order valence-electron chi connectivity index (χ2n) is 7.95. The van der Waals surface area contributed by atoms with Crippen molar-refractivity contribution in [2.45, 2.75) is 25.9 Å². The van der Waals surface area contributed by atoms with Gasteiger partial charge in [-0.25, -0.2) is 0 Å². The van der Waals surface area contributed by atoms with Crippen molar-refractivity contribution >= 4 is 11.6 Å². The van der Waals surface area contributed by atoms with Gasteiger partial charge in [-0.05, 0) is 60.0 Å². The number of rotatable bonds is 8. The highest BCUT2D eigenvalue weighted by Gasteiger charge is 2.26. The number of alkyl halides is 3. The zero-order chi connectivity index (χ0) is 25.7. The lowest BCUT2D eigenvalue weighted by Crippen LogP contribution is -2.22. The molecule has 12 heteroatoms. The summed E-state index contributed by atoms with van der Waals surface area (Å²) in [5.74, 6) is -0.521. The van der Waals surface area contributed by atoms with Crippen molar-refractivity contribution < 1.29 is 22.7 Å². The van der Waals surface area contributed by atoms with Crippen molar-refractivity contribution in [3.8, 4) is 28.1 Å². The quantitative estimate of drug-likeness (QED) is 0.307. The van der Waals surface area contributed by atoms with Crippen molar-refractivity contribution in [1.82, 2.24) is 25.6 Å². The number of amides is 1. The van der Waals surface area contributed by atoms with Gasteiger partial charge in [0.25, 0.3) is 17.3 Å². The molecule has 0 bridgehead atoms. The van der Waals surface area contributed by atoms with E-state index in [1.54, 1.807) is 30.3 Å². The second kappa shape index (κ2) is 10.4. The third kappa shape index (κ3) is 6.14. The number of ether oxygens (including phenoxy) is 1. The van der Waals surface area contributed by atoms with Gasteiger partial charge in [0.05, 0.1) is 6.61 Å². The Bertz CT molecular complexity index is 1380. The van der Waals surface area contributed by atoms with E-state index in [1.165, 1.54) is 0 Å². The summed E-state index contributed by atoms with van der Waals surface area (Å²) < 4.78 is 42.2. The van der Waals surface area contributed by atoms with Crippen LogP contribution in [0.25, 0.3) is 22.4 Å². The summed E-state index contributed by atoms with van der Waals surface area (Å²) in [7, 11) is 0. The first-order valence-electron chi connectivity index (χ1n) is 10.9. The van der Waals surface area contributed by atoms with Crippen LogP contribution in [0.2, 0.25) is 0 Å². The van der Waals surface area contributed by atoms with Gasteiger partial charge in [0.2, 0.25) is 0 Å². The molecule has 0 aliphatic rings. The van der Waals surface area contributed by atoms with Gasteiger partial charge in [0.1, 0.15) is 11.4 Å². The van der Waals surface area contributed by atoms with Gasteiger partial charge >= 0.3 is 6.18 Å². The number of aryl methyl sites for hydroxylation is 1. The van der Waals surface area contributed by atoms with E-state index in [1.807, 2.05) is 31.2 Å². The number of anilines is 1. The number of nitrogens with zero attached hydrogens (tertiary/aromatic N) is 3. The van der Waals surface area contributed by atoms with Crippen LogP contribution < -0.4 is 15.6 Å². The number of pyridine rings is 1. The van der Waals surface area contributed by atoms with E-state index in [9.17, 15) is 22.8 Å². The van der Waals surface area contributed by atoms with E-state index < -0.39 is 24.1 Å². The summed E-state index contributed by atoms with van der Waals surface area (Å²) >= 11 is 0. The highest BCUT2D eigenvalue weighted by Crippen LogP contribution is 2.30. The molecular weight excluding hydrogens is 477 g/mol. The van der Waals surface area contributed by atoms with Gasteiger partial charge in [-0.3, -0.25) is 9.59 Å². The van der Waals surface area contributed by atoms with Crippen LogP contribution in [-0.4, -0.2) is 44.3 Å². The fourth-order valence-corrected chi connectivity index (χ4v) is 3.42. The molecule has 0 atom stereocenters. The molecule has 4 aromatic rings. The minimum absolute atomic E-state index is 0.0158. The molecule has 3 N–H and O–H groups in total. The van der Waals surface area contributed by atoms with Gasteiger partial charge in [-0.15, -0.1) is 10.2 Å². The average Bonchev–Trinajstić information content (AvgIpc) is 3.39. The Kier molecular flexibility index (Phi) is 7.13. The summed E-state index contributed by atoms with van der Waals surface area (Å²) in [6, 6.07) is 15.7. The first-order valence-corrected chi connectivity index (χ1v) is 10.9. The van der Waals surface area contributed by atoms with E-state index in [0.29, 0.717) is 28.1 Å². The fourth-order valence-electron chi connectivity index (χ4n) is 3.42. The average molecular weight is 498 g/mol. The number of hydrogen-bond donors (Lipinski definition) is 3. The second-order valence-corrected chi connectivity index (χ2v) is 7.95. The maximum Gasteiger partial charge on any atom is 0.389 e. The largest absolute Gasteiger partial charge is 0.494 e. The van der Waals surface area contributed by atoms with Crippen LogP contribution in [-0.2, 0) is 0 Å². The Morgan fingerprint density at radius 1 is 1.06 bits per heavy atom. The third-order valence-electron chi connectivity index (χ3n) is 5.22. The molecule has 0 saturated heterocycles. The molecule has 9 nitrogen and oxygen atoms in total. The zero-order valence-electron chi connectivity index (χ0n) is 19.0. The Labute approximate surface area is 202 Å². The number of aromatic amines is 2. The standard InChI is InChI=1S/C24H21F3N6O3/c1-14-3-5-15(6-4-14)18-13-19(28-22(34)20(18)29-23(35)21-30-32-33-31-21)16-7-9-17(10-8-16)36-12-2-11-24(25,26)27/h3-10,13H,2,11-12H2,1H3,(H,28,34)(H,29,35)(H,30,31,32,33). The molecule has 0 fully saturated rings. The van der Waals surface area contributed by atoms with Crippen LogP contribution in [0.15, 0.2) is 59.4 Å². The van der Waals surface area contributed by atoms with E-state index in [0.717, 1.165) is 5.56 Å². The molecule has 4 rings (SSSR count). The lowest BCUT2D eigenvalue weighted by atomic mass is 10.0. The van der Waals surface area contributed by atoms with E-state index in [-0.39, 0.29) is 24.5 Å². The number of halogens is 3. The van der Waals surface area contributed by atoms with Gasteiger partial charge in [0, 0.05) is 17.7 Å². The predicted molar refractivity (Wildman–Crippen MR) is 126 cm³/mol. The Morgan fingerprint density at radius 2 is 1.75 bits per heavy atom. The zero-order valence-corrected chi connectivity index (χ0v) is 19.0.